The van der Waals surface area contributed by atoms with Gasteiger partial charge in [0, 0.05) is 17.1 Å². The van der Waals surface area contributed by atoms with Crippen LogP contribution in [0.3, 0.4) is 0 Å². The maximum absolute atomic E-state index is 3.72. The Hall–Kier alpha value is -0.600. The van der Waals surface area contributed by atoms with Gasteiger partial charge in [-0.1, -0.05) is 34.1 Å². The monoisotopic (exact) mass is 239 g/mol. The van der Waals surface area contributed by atoms with Gasteiger partial charge in [-0.15, -0.1) is 6.58 Å². The minimum atomic E-state index is 0.360. The zero-order chi connectivity index (χ0) is 9.68. The highest BCUT2D eigenvalue weighted by Gasteiger charge is 1.96. The van der Waals surface area contributed by atoms with Gasteiger partial charge in [0.2, 0.25) is 0 Å². The first-order valence-electron chi connectivity index (χ1n) is 4.33. The predicted octanol–water partition coefficient (Wildman–Crippen LogP) is 3.11. The van der Waals surface area contributed by atoms with Crippen LogP contribution >= 0.6 is 15.9 Å². The second-order valence-corrected chi connectivity index (χ2v) is 3.95. The molecule has 70 valence electrons. The molecule has 0 aliphatic carbocycles. The summed E-state index contributed by atoms with van der Waals surface area (Å²) in [5.74, 6) is 0. The molecule has 0 radical (unpaired) electrons. The third-order valence-corrected chi connectivity index (χ3v) is 2.36. The zero-order valence-corrected chi connectivity index (χ0v) is 9.34. The minimum Gasteiger partial charge on any atom is -0.307 e. The lowest BCUT2D eigenvalue weighted by molar-refractivity contribution is 0.634. The molecule has 0 heterocycles. The summed E-state index contributed by atoms with van der Waals surface area (Å²) in [6.07, 6.45) is 1.90. The Labute approximate surface area is 88.0 Å². The van der Waals surface area contributed by atoms with E-state index in [4.69, 9.17) is 0 Å². The fourth-order valence-corrected chi connectivity index (χ4v) is 1.46. The van der Waals surface area contributed by atoms with Crippen LogP contribution in [0.4, 0.5) is 0 Å². The van der Waals surface area contributed by atoms with Gasteiger partial charge in [-0.25, -0.2) is 0 Å². The van der Waals surface area contributed by atoms with Crippen molar-refractivity contribution in [2.75, 3.05) is 0 Å². The van der Waals surface area contributed by atoms with Crippen molar-refractivity contribution in [3.63, 3.8) is 0 Å². The van der Waals surface area contributed by atoms with Crippen LogP contribution in [0, 0.1) is 0 Å². The van der Waals surface area contributed by atoms with Crippen LogP contribution in [0.15, 0.2) is 41.4 Å². The molecule has 0 spiro atoms. The molecule has 0 aromatic heterocycles. The maximum Gasteiger partial charge on any atom is 0.0222 e. The van der Waals surface area contributed by atoms with E-state index < -0.39 is 0 Å². The Morgan fingerprint density at radius 1 is 1.62 bits per heavy atom. The highest BCUT2D eigenvalue weighted by atomic mass is 79.9. The summed E-state index contributed by atoms with van der Waals surface area (Å²) in [7, 11) is 0. The third-order valence-electron chi connectivity index (χ3n) is 1.87. The molecular formula is C11H14BrN. The van der Waals surface area contributed by atoms with E-state index in [0.29, 0.717) is 6.04 Å². The van der Waals surface area contributed by atoms with Crippen molar-refractivity contribution < 1.29 is 0 Å². The molecule has 1 atom stereocenters. The van der Waals surface area contributed by atoms with Crippen LogP contribution in [-0.4, -0.2) is 6.04 Å². The van der Waals surface area contributed by atoms with Crippen LogP contribution in [0.2, 0.25) is 0 Å². The number of hydrogen-bond acceptors (Lipinski definition) is 1. The van der Waals surface area contributed by atoms with E-state index >= 15 is 0 Å². The largest absolute Gasteiger partial charge is 0.307 e. The zero-order valence-electron chi connectivity index (χ0n) is 7.76. The SMILES string of the molecule is C=CC(C)NCc1cccc(Br)c1. The summed E-state index contributed by atoms with van der Waals surface area (Å²) in [5, 5.41) is 3.34. The minimum absolute atomic E-state index is 0.360. The van der Waals surface area contributed by atoms with E-state index in [2.05, 4.69) is 46.9 Å². The summed E-state index contributed by atoms with van der Waals surface area (Å²) < 4.78 is 1.12. The van der Waals surface area contributed by atoms with Gasteiger partial charge in [0.05, 0.1) is 0 Å². The van der Waals surface area contributed by atoms with Gasteiger partial charge in [0.25, 0.3) is 0 Å². The standard InChI is InChI=1S/C11H14BrN/c1-3-9(2)13-8-10-5-4-6-11(12)7-10/h3-7,9,13H,1,8H2,2H3. The number of rotatable bonds is 4. The Morgan fingerprint density at radius 2 is 2.38 bits per heavy atom. The van der Waals surface area contributed by atoms with Gasteiger partial charge in [0.1, 0.15) is 0 Å². The lowest BCUT2D eigenvalue weighted by Crippen LogP contribution is -2.22. The van der Waals surface area contributed by atoms with E-state index in [1.165, 1.54) is 5.56 Å². The van der Waals surface area contributed by atoms with Crippen LogP contribution in [0.1, 0.15) is 12.5 Å². The molecule has 0 aliphatic rings. The van der Waals surface area contributed by atoms with Crippen LogP contribution < -0.4 is 5.32 Å². The molecule has 0 fully saturated rings. The molecule has 1 unspecified atom stereocenters. The quantitative estimate of drug-likeness (QED) is 0.797. The molecule has 0 saturated heterocycles. The summed E-state index contributed by atoms with van der Waals surface area (Å²) in [4.78, 5) is 0. The second kappa shape index (κ2) is 5.20. The number of halogens is 1. The highest BCUT2D eigenvalue weighted by molar-refractivity contribution is 9.10. The van der Waals surface area contributed by atoms with Crippen LogP contribution in [-0.2, 0) is 6.54 Å². The summed E-state index contributed by atoms with van der Waals surface area (Å²) >= 11 is 3.44. The summed E-state index contributed by atoms with van der Waals surface area (Å²) in [6.45, 7) is 6.69. The van der Waals surface area contributed by atoms with Gasteiger partial charge in [-0.2, -0.15) is 0 Å². The Bertz CT molecular complexity index is 283. The van der Waals surface area contributed by atoms with Crippen molar-refractivity contribution in [3.8, 4) is 0 Å². The number of nitrogens with one attached hydrogen (secondary N) is 1. The lowest BCUT2D eigenvalue weighted by Gasteiger charge is -2.08. The van der Waals surface area contributed by atoms with E-state index in [-0.39, 0.29) is 0 Å². The molecule has 0 aliphatic heterocycles. The average molecular weight is 240 g/mol. The summed E-state index contributed by atoms with van der Waals surface area (Å²) in [6, 6.07) is 8.65. The topological polar surface area (TPSA) is 12.0 Å². The first-order chi connectivity index (χ1) is 6.22. The number of hydrogen-bond donors (Lipinski definition) is 1. The predicted molar refractivity (Wildman–Crippen MR) is 60.6 cm³/mol. The first-order valence-corrected chi connectivity index (χ1v) is 5.12. The van der Waals surface area contributed by atoms with Gasteiger partial charge in [-0.3, -0.25) is 0 Å². The molecule has 0 saturated carbocycles. The van der Waals surface area contributed by atoms with Crippen molar-refractivity contribution in [3.05, 3.63) is 47.0 Å². The molecule has 0 amide bonds. The van der Waals surface area contributed by atoms with Gasteiger partial charge in [0.15, 0.2) is 0 Å². The van der Waals surface area contributed by atoms with Crippen molar-refractivity contribution in [2.45, 2.75) is 19.5 Å². The van der Waals surface area contributed by atoms with Gasteiger partial charge in [-0.05, 0) is 24.6 Å². The molecule has 2 heteroatoms. The van der Waals surface area contributed by atoms with Crippen molar-refractivity contribution in [2.24, 2.45) is 0 Å². The van der Waals surface area contributed by atoms with Crippen molar-refractivity contribution in [1.29, 1.82) is 0 Å². The fraction of sp³-hybridized carbons (Fsp3) is 0.273. The Balaban J connectivity index is 2.49. The van der Waals surface area contributed by atoms with Crippen LogP contribution in [0.5, 0.6) is 0 Å². The van der Waals surface area contributed by atoms with Gasteiger partial charge >= 0.3 is 0 Å². The molecule has 1 N–H and O–H groups in total. The van der Waals surface area contributed by atoms with Crippen molar-refractivity contribution >= 4 is 15.9 Å². The molecule has 1 aromatic rings. The third kappa shape index (κ3) is 3.75. The van der Waals surface area contributed by atoms with E-state index in [0.717, 1.165) is 11.0 Å². The second-order valence-electron chi connectivity index (χ2n) is 3.04. The lowest BCUT2D eigenvalue weighted by atomic mass is 10.2. The molecule has 1 rings (SSSR count). The Morgan fingerprint density at radius 3 is 3.00 bits per heavy atom. The maximum atomic E-state index is 3.72. The highest BCUT2D eigenvalue weighted by Crippen LogP contribution is 2.11. The Kier molecular flexibility index (Phi) is 4.19. The molecule has 0 bridgehead atoms. The van der Waals surface area contributed by atoms with Gasteiger partial charge < -0.3 is 5.32 Å². The molecular weight excluding hydrogens is 226 g/mol. The fourth-order valence-electron chi connectivity index (χ4n) is 1.01. The smallest absolute Gasteiger partial charge is 0.0222 e. The molecule has 1 nitrogen and oxygen atoms in total. The van der Waals surface area contributed by atoms with E-state index in [1.54, 1.807) is 0 Å². The summed E-state index contributed by atoms with van der Waals surface area (Å²) in [5.41, 5.74) is 1.28. The average Bonchev–Trinajstić information content (AvgIpc) is 2.14. The molecule has 1 aromatic carbocycles. The first kappa shape index (κ1) is 10.5. The normalized spacial score (nSPS) is 12.5. The van der Waals surface area contributed by atoms with E-state index in [9.17, 15) is 0 Å². The van der Waals surface area contributed by atoms with E-state index in [1.807, 2.05) is 18.2 Å². The molecule has 13 heavy (non-hydrogen) atoms. The number of benzene rings is 1. The van der Waals surface area contributed by atoms with Crippen molar-refractivity contribution in [1.82, 2.24) is 5.32 Å². The van der Waals surface area contributed by atoms with Crippen LogP contribution in [0.25, 0.3) is 0 Å².